The second-order valence-corrected chi connectivity index (χ2v) is 4.41. The molecule has 1 amide bonds. The first kappa shape index (κ1) is 17.4. The summed E-state index contributed by atoms with van der Waals surface area (Å²) in [5.74, 6) is -1.13. The summed E-state index contributed by atoms with van der Waals surface area (Å²) in [4.78, 5) is 26.6. The zero-order valence-corrected chi connectivity index (χ0v) is 11.9. The third-order valence-corrected chi connectivity index (χ3v) is 2.28. The first-order chi connectivity index (χ1) is 8.87. The van der Waals surface area contributed by atoms with Crippen molar-refractivity contribution in [2.75, 3.05) is 19.8 Å². The van der Waals surface area contributed by atoms with Crippen LogP contribution in [0.2, 0.25) is 0 Å². The predicted octanol–water partition coefficient (Wildman–Crippen LogP) is 1.94. The van der Waals surface area contributed by atoms with Crippen LogP contribution in [0.1, 0.15) is 13.8 Å². The molecule has 0 heterocycles. The van der Waals surface area contributed by atoms with Gasteiger partial charge in [0.05, 0.1) is 18.4 Å². The lowest BCUT2D eigenvalue weighted by atomic mass is 9.92. The molecule has 0 aromatic heterocycles. The third-order valence-electron chi connectivity index (χ3n) is 2.19. The van der Waals surface area contributed by atoms with E-state index in [9.17, 15) is 9.59 Å². The Labute approximate surface area is 118 Å². The van der Waals surface area contributed by atoms with E-state index in [4.69, 9.17) is 9.47 Å². The maximum Gasteiger partial charge on any atom is 0.333 e. The van der Waals surface area contributed by atoms with E-state index in [1.54, 1.807) is 13.0 Å². The fourth-order valence-electron chi connectivity index (χ4n) is 1.06. The van der Waals surface area contributed by atoms with Crippen LogP contribution in [-0.4, -0.2) is 36.9 Å². The molecule has 0 rings (SSSR count). The number of nitrogens with zero attached hydrogens (tertiary/aromatic N) is 1. The van der Waals surface area contributed by atoms with Crippen molar-refractivity contribution in [1.82, 2.24) is 0 Å². The number of hydrogen-bond donors (Lipinski definition) is 0. The van der Waals surface area contributed by atoms with Crippen LogP contribution in [0.4, 0.5) is 0 Å². The molecule has 0 fully saturated rings. The van der Waals surface area contributed by atoms with Crippen LogP contribution in [0.25, 0.3) is 0 Å². The number of thiocarbonyl (C=S) groups is 1. The van der Waals surface area contributed by atoms with Crippen LogP contribution in [0.3, 0.4) is 0 Å². The quantitative estimate of drug-likeness (QED) is 0.170. The van der Waals surface area contributed by atoms with E-state index in [0.29, 0.717) is 0 Å². The van der Waals surface area contributed by atoms with Gasteiger partial charge in [-0.25, -0.2) is 4.79 Å². The van der Waals surface area contributed by atoms with Crippen molar-refractivity contribution in [3.63, 3.8) is 0 Å². The van der Waals surface area contributed by atoms with Crippen molar-refractivity contribution >= 4 is 29.3 Å². The molecular formula is C13H17NO4S. The number of ether oxygens (including phenoxy) is 2. The lowest BCUT2D eigenvalue weighted by Crippen LogP contribution is -2.37. The molecule has 0 N–H and O–H groups in total. The Morgan fingerprint density at radius 2 is 2.11 bits per heavy atom. The Morgan fingerprint density at radius 1 is 1.47 bits per heavy atom. The molecular weight excluding hydrogens is 266 g/mol. The highest BCUT2D eigenvalue weighted by Crippen LogP contribution is 2.20. The summed E-state index contributed by atoms with van der Waals surface area (Å²) < 4.78 is 10.2. The third kappa shape index (κ3) is 6.20. The van der Waals surface area contributed by atoms with Crippen molar-refractivity contribution in [2.45, 2.75) is 13.8 Å². The van der Waals surface area contributed by atoms with Gasteiger partial charge in [-0.1, -0.05) is 12.7 Å². The molecule has 1 atom stereocenters. The van der Waals surface area contributed by atoms with Crippen molar-refractivity contribution in [1.29, 1.82) is 0 Å². The average Bonchev–Trinajstić information content (AvgIpc) is 2.36. The van der Waals surface area contributed by atoms with Gasteiger partial charge in [-0.15, -0.1) is 6.58 Å². The van der Waals surface area contributed by atoms with Gasteiger partial charge in [0.2, 0.25) is 0 Å². The van der Waals surface area contributed by atoms with E-state index in [0.717, 1.165) is 0 Å². The number of aliphatic imine (C=N–C) groups is 1. The normalized spacial score (nSPS) is 12.7. The smallest absolute Gasteiger partial charge is 0.333 e. The van der Waals surface area contributed by atoms with Gasteiger partial charge in [0, 0.05) is 5.57 Å². The fraction of sp³-hybridized carbons (Fsp3) is 0.462. The molecule has 0 radical (unpaired) electrons. The summed E-state index contributed by atoms with van der Waals surface area (Å²) in [6.45, 7) is 10.2. The molecule has 0 bridgehead atoms. The van der Waals surface area contributed by atoms with Crippen LogP contribution in [-0.2, 0) is 19.1 Å². The van der Waals surface area contributed by atoms with E-state index in [2.05, 4.69) is 30.4 Å². The zero-order valence-electron chi connectivity index (χ0n) is 11.1. The van der Waals surface area contributed by atoms with Crippen LogP contribution >= 0.6 is 12.2 Å². The molecule has 1 unspecified atom stereocenters. The second-order valence-electron chi connectivity index (χ2n) is 4.23. The molecule has 0 spiro atoms. The minimum Gasteiger partial charge on any atom is -0.461 e. The van der Waals surface area contributed by atoms with Gasteiger partial charge in [-0.3, -0.25) is 4.79 Å². The number of amides is 1. The van der Waals surface area contributed by atoms with Crippen molar-refractivity contribution in [3.8, 4) is 0 Å². The van der Waals surface area contributed by atoms with Gasteiger partial charge in [0.15, 0.2) is 0 Å². The molecule has 0 aliphatic heterocycles. The Morgan fingerprint density at radius 3 is 2.58 bits per heavy atom. The van der Waals surface area contributed by atoms with Gasteiger partial charge in [-0.2, -0.15) is 4.99 Å². The van der Waals surface area contributed by atoms with Crippen molar-refractivity contribution in [3.05, 3.63) is 24.8 Å². The maximum atomic E-state index is 11.8. The Balaban J connectivity index is 4.78. The van der Waals surface area contributed by atoms with E-state index >= 15 is 0 Å². The number of esters is 1. The minimum absolute atomic E-state index is 0.0296. The van der Waals surface area contributed by atoms with Gasteiger partial charge >= 0.3 is 5.97 Å². The highest BCUT2D eigenvalue weighted by atomic mass is 32.1. The Hall–Kier alpha value is -1.62. The van der Waals surface area contributed by atoms with Crippen molar-refractivity contribution < 1.29 is 19.1 Å². The first-order valence-electron chi connectivity index (χ1n) is 5.51. The number of isothiocyanates is 1. The average molecular weight is 283 g/mol. The van der Waals surface area contributed by atoms with E-state index < -0.39 is 17.3 Å². The lowest BCUT2D eigenvalue weighted by Gasteiger charge is -2.24. The monoisotopic (exact) mass is 283 g/mol. The second kappa shape index (κ2) is 8.48. The highest BCUT2D eigenvalue weighted by Gasteiger charge is 2.35. The van der Waals surface area contributed by atoms with Gasteiger partial charge in [0.25, 0.3) is 5.91 Å². The van der Waals surface area contributed by atoms with Crippen LogP contribution in [0.15, 0.2) is 29.8 Å². The largest absolute Gasteiger partial charge is 0.461 e. The van der Waals surface area contributed by atoms with E-state index in [1.165, 1.54) is 6.92 Å². The Bertz CT molecular complexity index is 426. The number of rotatable bonds is 8. The summed E-state index contributed by atoms with van der Waals surface area (Å²) in [6.07, 6.45) is 1.55. The molecule has 6 heteroatoms. The van der Waals surface area contributed by atoms with Crippen LogP contribution in [0, 0.1) is 5.41 Å². The topological polar surface area (TPSA) is 65.0 Å². The number of carbonyl (C=O) groups excluding carboxylic acids is 2. The van der Waals surface area contributed by atoms with E-state index in [1.807, 2.05) is 5.16 Å². The van der Waals surface area contributed by atoms with E-state index in [-0.39, 0.29) is 25.4 Å². The Kier molecular flexibility index (Phi) is 7.75. The zero-order chi connectivity index (χ0) is 14.9. The number of hydrogen-bond acceptors (Lipinski definition) is 5. The molecule has 5 nitrogen and oxygen atoms in total. The molecule has 0 aliphatic rings. The molecule has 0 saturated heterocycles. The summed E-state index contributed by atoms with van der Waals surface area (Å²) in [5.41, 5.74) is -0.861. The summed E-state index contributed by atoms with van der Waals surface area (Å²) in [7, 11) is 0. The van der Waals surface area contributed by atoms with Gasteiger partial charge in [0.1, 0.15) is 12.0 Å². The van der Waals surface area contributed by atoms with Gasteiger partial charge < -0.3 is 9.47 Å². The summed E-state index contributed by atoms with van der Waals surface area (Å²) >= 11 is 4.39. The molecule has 0 aromatic carbocycles. The maximum absolute atomic E-state index is 11.8. The number of carbonyl (C=O) groups is 2. The first-order valence-corrected chi connectivity index (χ1v) is 5.92. The summed E-state index contributed by atoms with van der Waals surface area (Å²) in [6, 6.07) is 0. The predicted molar refractivity (Wildman–Crippen MR) is 74.9 cm³/mol. The molecule has 104 valence electrons. The molecule has 0 aromatic rings. The van der Waals surface area contributed by atoms with Crippen LogP contribution in [0.5, 0.6) is 0 Å². The standard InChI is InChI=1S/C13H17NO4S/c1-5-6-17-7-13(4,12(16)14-9-19)8-18-11(15)10(2)3/h5H,1-2,6-8H2,3-4H3. The molecule has 19 heavy (non-hydrogen) atoms. The molecule has 0 aliphatic carbocycles. The minimum atomic E-state index is -1.11. The molecule has 0 saturated carbocycles. The van der Waals surface area contributed by atoms with Crippen LogP contribution < -0.4 is 0 Å². The van der Waals surface area contributed by atoms with Gasteiger partial charge in [-0.05, 0) is 26.1 Å². The summed E-state index contributed by atoms with van der Waals surface area (Å²) in [5, 5.41) is 2.00. The fourth-order valence-corrected chi connectivity index (χ4v) is 1.14. The lowest BCUT2D eigenvalue weighted by molar-refractivity contribution is -0.148. The van der Waals surface area contributed by atoms with Crippen molar-refractivity contribution in [2.24, 2.45) is 10.4 Å². The SMILES string of the molecule is C=CCOCC(C)(COC(=O)C(=C)C)C(=O)N=C=S. The highest BCUT2D eigenvalue weighted by molar-refractivity contribution is 7.78.